The summed E-state index contributed by atoms with van der Waals surface area (Å²) in [5.41, 5.74) is 2.58. The molecule has 1 atom stereocenters. The summed E-state index contributed by atoms with van der Waals surface area (Å²) in [5.74, 6) is 1.91. The molecule has 134 valence electrons. The van der Waals surface area contributed by atoms with Crippen LogP contribution in [-0.4, -0.2) is 49.0 Å². The van der Waals surface area contributed by atoms with E-state index in [0.717, 1.165) is 44.9 Å². The van der Waals surface area contributed by atoms with E-state index in [2.05, 4.69) is 43.9 Å². The standard InChI is InChI=1S/C20H32N2O2/c1-6-16(4)20(23)22-11-9-21(10-12-22)14-18-13-17(15(2)3)7-8-19(18)24-5/h7-8,13,15-16H,6,9-12,14H2,1-5H3/t16-/m0/s1. The third-order valence-corrected chi connectivity index (χ3v) is 5.08. The minimum absolute atomic E-state index is 0.138. The van der Waals surface area contributed by atoms with Gasteiger partial charge in [0.1, 0.15) is 5.75 Å². The number of methoxy groups -OCH3 is 1. The summed E-state index contributed by atoms with van der Waals surface area (Å²) in [4.78, 5) is 16.7. The lowest BCUT2D eigenvalue weighted by molar-refractivity contribution is -0.136. The molecule has 1 amide bonds. The highest BCUT2D eigenvalue weighted by Crippen LogP contribution is 2.26. The molecule has 0 N–H and O–H groups in total. The Morgan fingerprint density at radius 3 is 2.38 bits per heavy atom. The molecule has 4 nitrogen and oxygen atoms in total. The maximum atomic E-state index is 12.3. The number of piperazine rings is 1. The molecule has 1 aliphatic heterocycles. The van der Waals surface area contributed by atoms with Gasteiger partial charge in [-0.1, -0.05) is 39.8 Å². The summed E-state index contributed by atoms with van der Waals surface area (Å²) in [6, 6.07) is 6.49. The van der Waals surface area contributed by atoms with Gasteiger partial charge in [-0.15, -0.1) is 0 Å². The number of amides is 1. The Morgan fingerprint density at radius 1 is 1.17 bits per heavy atom. The topological polar surface area (TPSA) is 32.8 Å². The molecule has 0 unspecified atom stereocenters. The summed E-state index contributed by atoms with van der Waals surface area (Å²) < 4.78 is 5.54. The molecular formula is C20H32N2O2. The second-order valence-electron chi connectivity index (χ2n) is 7.14. The smallest absolute Gasteiger partial charge is 0.225 e. The van der Waals surface area contributed by atoms with Crippen molar-refractivity contribution in [2.75, 3.05) is 33.3 Å². The molecule has 24 heavy (non-hydrogen) atoms. The van der Waals surface area contributed by atoms with Crippen LogP contribution in [0.4, 0.5) is 0 Å². The summed E-state index contributed by atoms with van der Waals surface area (Å²) in [5, 5.41) is 0. The molecule has 1 aromatic rings. The lowest BCUT2D eigenvalue weighted by Crippen LogP contribution is -2.49. The van der Waals surface area contributed by atoms with Crippen LogP contribution in [-0.2, 0) is 11.3 Å². The lowest BCUT2D eigenvalue weighted by atomic mass is 10.00. The molecule has 1 aromatic carbocycles. The number of benzene rings is 1. The highest BCUT2D eigenvalue weighted by Gasteiger charge is 2.24. The number of carbonyl (C=O) groups is 1. The molecule has 2 rings (SSSR count). The third kappa shape index (κ3) is 4.50. The van der Waals surface area contributed by atoms with E-state index >= 15 is 0 Å². The van der Waals surface area contributed by atoms with Crippen LogP contribution >= 0.6 is 0 Å². The molecule has 0 bridgehead atoms. The number of rotatable bonds is 6. The molecule has 0 aromatic heterocycles. The van der Waals surface area contributed by atoms with E-state index in [4.69, 9.17) is 4.74 Å². The second-order valence-corrected chi connectivity index (χ2v) is 7.14. The number of carbonyl (C=O) groups excluding carboxylic acids is 1. The normalized spacial score (nSPS) is 17.2. The van der Waals surface area contributed by atoms with Crippen molar-refractivity contribution in [1.29, 1.82) is 0 Å². The Labute approximate surface area is 146 Å². The fourth-order valence-corrected chi connectivity index (χ4v) is 3.13. The summed E-state index contributed by atoms with van der Waals surface area (Å²) >= 11 is 0. The van der Waals surface area contributed by atoms with Crippen molar-refractivity contribution in [3.63, 3.8) is 0 Å². The quantitative estimate of drug-likeness (QED) is 0.799. The highest BCUT2D eigenvalue weighted by molar-refractivity contribution is 5.78. The van der Waals surface area contributed by atoms with E-state index in [-0.39, 0.29) is 5.92 Å². The van der Waals surface area contributed by atoms with Gasteiger partial charge in [0.25, 0.3) is 0 Å². The highest BCUT2D eigenvalue weighted by atomic mass is 16.5. The molecule has 1 saturated heterocycles. The van der Waals surface area contributed by atoms with E-state index in [9.17, 15) is 4.79 Å². The predicted octanol–water partition coefficient (Wildman–Crippen LogP) is 3.51. The van der Waals surface area contributed by atoms with Gasteiger partial charge >= 0.3 is 0 Å². The van der Waals surface area contributed by atoms with Gasteiger partial charge in [0.05, 0.1) is 7.11 Å². The monoisotopic (exact) mass is 332 g/mol. The lowest BCUT2D eigenvalue weighted by Gasteiger charge is -2.36. The van der Waals surface area contributed by atoms with E-state index in [1.54, 1.807) is 7.11 Å². The Hall–Kier alpha value is -1.55. The zero-order valence-corrected chi connectivity index (χ0v) is 15.8. The first-order valence-electron chi connectivity index (χ1n) is 9.14. The molecule has 4 heteroatoms. The third-order valence-electron chi connectivity index (χ3n) is 5.08. The van der Waals surface area contributed by atoms with Gasteiger partial charge in [0, 0.05) is 44.2 Å². The van der Waals surface area contributed by atoms with Crippen LogP contribution in [0.3, 0.4) is 0 Å². The maximum absolute atomic E-state index is 12.3. The average molecular weight is 332 g/mol. The van der Waals surface area contributed by atoms with Crippen LogP contribution in [0.2, 0.25) is 0 Å². The van der Waals surface area contributed by atoms with Gasteiger partial charge in [0.15, 0.2) is 0 Å². The summed E-state index contributed by atoms with van der Waals surface area (Å²) in [7, 11) is 1.73. The minimum Gasteiger partial charge on any atom is -0.496 e. The molecular weight excluding hydrogens is 300 g/mol. The number of ether oxygens (including phenoxy) is 1. The molecule has 1 heterocycles. The zero-order chi connectivity index (χ0) is 17.7. The van der Waals surface area contributed by atoms with Crippen molar-refractivity contribution in [3.05, 3.63) is 29.3 Å². The second kappa shape index (κ2) is 8.52. The van der Waals surface area contributed by atoms with Crippen LogP contribution in [0.5, 0.6) is 5.75 Å². The summed E-state index contributed by atoms with van der Waals surface area (Å²) in [6.07, 6.45) is 0.915. The van der Waals surface area contributed by atoms with Crippen LogP contribution < -0.4 is 4.74 Å². The van der Waals surface area contributed by atoms with Crippen LogP contribution in [0.25, 0.3) is 0 Å². The Bertz CT molecular complexity index is 549. The van der Waals surface area contributed by atoms with E-state index in [1.807, 2.05) is 11.8 Å². The van der Waals surface area contributed by atoms with Crippen LogP contribution in [0, 0.1) is 5.92 Å². The Morgan fingerprint density at radius 2 is 1.83 bits per heavy atom. The van der Waals surface area contributed by atoms with Crippen molar-refractivity contribution in [1.82, 2.24) is 9.80 Å². The molecule has 0 saturated carbocycles. The van der Waals surface area contributed by atoms with Crippen molar-refractivity contribution >= 4 is 5.91 Å². The first kappa shape index (κ1) is 18.8. The fourth-order valence-electron chi connectivity index (χ4n) is 3.13. The Balaban J connectivity index is 1.98. The van der Waals surface area contributed by atoms with Gasteiger partial charge in [0.2, 0.25) is 5.91 Å². The largest absolute Gasteiger partial charge is 0.496 e. The molecule has 0 radical (unpaired) electrons. The van der Waals surface area contributed by atoms with Crippen molar-refractivity contribution in [2.24, 2.45) is 5.92 Å². The Kier molecular flexibility index (Phi) is 6.67. The number of hydrogen-bond donors (Lipinski definition) is 0. The van der Waals surface area contributed by atoms with E-state index in [1.165, 1.54) is 11.1 Å². The predicted molar refractivity (Wildman–Crippen MR) is 98.4 cm³/mol. The molecule has 0 spiro atoms. The van der Waals surface area contributed by atoms with Crippen molar-refractivity contribution < 1.29 is 9.53 Å². The van der Waals surface area contributed by atoms with Crippen LogP contribution in [0.1, 0.15) is 51.2 Å². The zero-order valence-electron chi connectivity index (χ0n) is 15.8. The molecule has 0 aliphatic carbocycles. The van der Waals surface area contributed by atoms with Gasteiger partial charge in [-0.05, 0) is 24.0 Å². The molecule has 1 aliphatic rings. The average Bonchev–Trinajstić information content (AvgIpc) is 2.60. The van der Waals surface area contributed by atoms with Gasteiger partial charge in [-0.3, -0.25) is 9.69 Å². The number of nitrogens with zero attached hydrogens (tertiary/aromatic N) is 2. The number of hydrogen-bond acceptors (Lipinski definition) is 3. The van der Waals surface area contributed by atoms with Crippen molar-refractivity contribution in [2.45, 2.75) is 46.6 Å². The van der Waals surface area contributed by atoms with Gasteiger partial charge < -0.3 is 9.64 Å². The summed E-state index contributed by atoms with van der Waals surface area (Å²) in [6.45, 7) is 12.9. The molecule has 1 fully saturated rings. The fraction of sp³-hybridized carbons (Fsp3) is 0.650. The maximum Gasteiger partial charge on any atom is 0.225 e. The van der Waals surface area contributed by atoms with Gasteiger partial charge in [-0.2, -0.15) is 0 Å². The van der Waals surface area contributed by atoms with Crippen LogP contribution in [0.15, 0.2) is 18.2 Å². The van der Waals surface area contributed by atoms with E-state index < -0.39 is 0 Å². The SMILES string of the molecule is CC[C@H](C)C(=O)N1CCN(Cc2cc(C(C)C)ccc2OC)CC1. The van der Waals surface area contributed by atoms with Crippen molar-refractivity contribution in [3.8, 4) is 5.75 Å². The van der Waals surface area contributed by atoms with E-state index in [0.29, 0.717) is 11.8 Å². The van der Waals surface area contributed by atoms with Gasteiger partial charge in [-0.25, -0.2) is 0 Å². The first-order chi connectivity index (χ1) is 11.5. The minimum atomic E-state index is 0.138. The first-order valence-corrected chi connectivity index (χ1v) is 9.14.